The lowest BCUT2D eigenvalue weighted by molar-refractivity contribution is 0.0950. The highest BCUT2D eigenvalue weighted by Crippen LogP contribution is 2.25. The van der Waals surface area contributed by atoms with E-state index >= 15 is 0 Å². The molecule has 132 valence electrons. The van der Waals surface area contributed by atoms with Gasteiger partial charge in [0.1, 0.15) is 11.3 Å². The molecule has 0 aliphatic heterocycles. The molecule has 1 aromatic heterocycles. The number of ether oxygens (including phenoxy) is 1. The number of rotatable bonds is 6. The van der Waals surface area contributed by atoms with Crippen LogP contribution in [0.1, 0.15) is 23.7 Å². The predicted molar refractivity (Wildman–Crippen MR) is 104 cm³/mol. The Morgan fingerprint density at radius 2 is 2.08 bits per heavy atom. The molecule has 1 unspecified atom stereocenters. The van der Waals surface area contributed by atoms with Crippen molar-refractivity contribution in [2.75, 3.05) is 6.54 Å². The van der Waals surface area contributed by atoms with Gasteiger partial charge in [-0.15, -0.1) is 24.8 Å². The normalized spacial score (nSPS) is 10.8. The fourth-order valence-electron chi connectivity index (χ4n) is 1.80. The zero-order valence-corrected chi connectivity index (χ0v) is 16.3. The smallest absolute Gasteiger partial charge is 0.256 e. The third-order valence-electron chi connectivity index (χ3n) is 2.91. The molecule has 0 bridgehead atoms. The van der Waals surface area contributed by atoms with Crippen molar-refractivity contribution in [1.82, 2.24) is 10.3 Å². The summed E-state index contributed by atoms with van der Waals surface area (Å²) in [5.41, 5.74) is 6.07. The number of aromatic nitrogens is 1. The first-order chi connectivity index (χ1) is 10.6. The minimum absolute atomic E-state index is 0. The number of hydrogen-bond acceptors (Lipinski definition) is 4. The molecule has 0 aliphatic rings. The van der Waals surface area contributed by atoms with Gasteiger partial charge in [-0.1, -0.05) is 22.0 Å². The van der Waals surface area contributed by atoms with E-state index in [4.69, 9.17) is 10.5 Å². The molecule has 2 aromatic rings. The quantitative estimate of drug-likeness (QED) is 0.718. The van der Waals surface area contributed by atoms with Crippen LogP contribution in [0.15, 0.2) is 47.1 Å². The molecular formula is C16H20BrCl2N3O2. The number of nitrogens with two attached hydrogens (primary N) is 1. The van der Waals surface area contributed by atoms with Crippen LogP contribution in [-0.4, -0.2) is 23.5 Å². The maximum atomic E-state index is 12.2. The van der Waals surface area contributed by atoms with Crippen molar-refractivity contribution in [2.45, 2.75) is 19.4 Å². The van der Waals surface area contributed by atoms with Crippen LogP contribution in [-0.2, 0) is 0 Å². The van der Waals surface area contributed by atoms with Crippen LogP contribution in [0.4, 0.5) is 0 Å². The van der Waals surface area contributed by atoms with Gasteiger partial charge >= 0.3 is 0 Å². The fourth-order valence-corrected chi connectivity index (χ4v) is 2.17. The molecule has 2 rings (SSSR count). The van der Waals surface area contributed by atoms with E-state index in [1.165, 1.54) is 0 Å². The summed E-state index contributed by atoms with van der Waals surface area (Å²) >= 11 is 3.38. The molecule has 1 aromatic carbocycles. The lowest BCUT2D eigenvalue weighted by atomic mass is 10.2. The second-order valence-corrected chi connectivity index (χ2v) is 5.85. The van der Waals surface area contributed by atoms with Crippen molar-refractivity contribution in [3.8, 4) is 11.6 Å². The van der Waals surface area contributed by atoms with E-state index < -0.39 is 0 Å². The summed E-state index contributed by atoms with van der Waals surface area (Å²) in [5.74, 6) is 0.662. The Hall–Kier alpha value is -1.34. The van der Waals surface area contributed by atoms with Crippen molar-refractivity contribution < 1.29 is 9.53 Å². The van der Waals surface area contributed by atoms with E-state index in [2.05, 4.69) is 26.2 Å². The van der Waals surface area contributed by atoms with Crippen LogP contribution in [0.5, 0.6) is 11.6 Å². The highest BCUT2D eigenvalue weighted by atomic mass is 79.9. The Labute approximate surface area is 162 Å². The average Bonchev–Trinajstić information content (AvgIpc) is 2.47. The van der Waals surface area contributed by atoms with E-state index in [1.807, 2.05) is 25.1 Å². The summed E-state index contributed by atoms with van der Waals surface area (Å²) in [6, 6.07) is 10.8. The molecule has 1 amide bonds. The van der Waals surface area contributed by atoms with E-state index in [1.54, 1.807) is 24.4 Å². The first-order valence-corrected chi connectivity index (χ1v) is 7.78. The molecular weight excluding hydrogens is 417 g/mol. The van der Waals surface area contributed by atoms with Gasteiger partial charge in [0.2, 0.25) is 5.88 Å². The number of carbonyl (C=O) groups excluding carboxylic acids is 1. The fraction of sp³-hybridized carbons (Fsp3) is 0.250. The van der Waals surface area contributed by atoms with Gasteiger partial charge in [0.15, 0.2) is 0 Å². The van der Waals surface area contributed by atoms with E-state index in [-0.39, 0.29) is 42.6 Å². The monoisotopic (exact) mass is 435 g/mol. The van der Waals surface area contributed by atoms with Gasteiger partial charge in [0.05, 0.1) is 0 Å². The first kappa shape index (κ1) is 22.7. The van der Waals surface area contributed by atoms with E-state index in [0.717, 1.165) is 4.47 Å². The van der Waals surface area contributed by atoms with Gasteiger partial charge in [-0.2, -0.15) is 0 Å². The van der Waals surface area contributed by atoms with Crippen LogP contribution in [0.3, 0.4) is 0 Å². The second-order valence-electron chi connectivity index (χ2n) is 4.94. The highest BCUT2D eigenvalue weighted by Gasteiger charge is 2.14. The van der Waals surface area contributed by atoms with Crippen LogP contribution in [0, 0.1) is 0 Å². The highest BCUT2D eigenvalue weighted by molar-refractivity contribution is 9.10. The Kier molecular flexibility index (Phi) is 10.6. The summed E-state index contributed by atoms with van der Waals surface area (Å²) in [4.78, 5) is 16.4. The van der Waals surface area contributed by atoms with Crippen LogP contribution in [0.25, 0.3) is 0 Å². The third kappa shape index (κ3) is 7.05. The van der Waals surface area contributed by atoms with Gasteiger partial charge in [-0.3, -0.25) is 4.79 Å². The minimum Gasteiger partial charge on any atom is -0.438 e. The zero-order chi connectivity index (χ0) is 15.9. The van der Waals surface area contributed by atoms with Gasteiger partial charge in [-0.25, -0.2) is 4.98 Å². The molecule has 3 N–H and O–H groups in total. The Morgan fingerprint density at radius 3 is 2.75 bits per heavy atom. The van der Waals surface area contributed by atoms with Crippen molar-refractivity contribution in [3.05, 3.63) is 52.6 Å². The van der Waals surface area contributed by atoms with Crippen LogP contribution in [0.2, 0.25) is 0 Å². The van der Waals surface area contributed by atoms with Gasteiger partial charge < -0.3 is 15.8 Å². The largest absolute Gasteiger partial charge is 0.438 e. The summed E-state index contributed by atoms with van der Waals surface area (Å²) in [7, 11) is 0. The number of hydrogen-bond donors (Lipinski definition) is 2. The summed E-state index contributed by atoms with van der Waals surface area (Å²) in [6.07, 6.45) is 2.31. The molecule has 8 heteroatoms. The third-order valence-corrected chi connectivity index (χ3v) is 3.40. The summed E-state index contributed by atoms with van der Waals surface area (Å²) in [5, 5.41) is 2.82. The lowest BCUT2D eigenvalue weighted by Crippen LogP contribution is -2.29. The standard InChI is InChI=1S/C16H18BrN3O2.2ClH/c1-11(18)7-9-19-15(21)14-6-3-8-20-16(14)22-13-5-2-4-12(17)10-13;;/h2-6,8,10-11H,7,9,18H2,1H3,(H,19,21);2*1H. The molecule has 0 fully saturated rings. The second kappa shape index (κ2) is 11.3. The Bertz CT molecular complexity index is 657. The molecule has 1 heterocycles. The molecule has 0 aliphatic carbocycles. The van der Waals surface area contributed by atoms with E-state index in [0.29, 0.717) is 24.3 Å². The van der Waals surface area contributed by atoms with Crippen molar-refractivity contribution >= 4 is 46.7 Å². The maximum absolute atomic E-state index is 12.2. The average molecular weight is 437 g/mol. The van der Waals surface area contributed by atoms with Gasteiger partial charge in [0, 0.05) is 23.3 Å². The van der Waals surface area contributed by atoms with Crippen molar-refractivity contribution in [1.29, 1.82) is 0 Å². The zero-order valence-electron chi connectivity index (χ0n) is 13.1. The number of carbonyl (C=O) groups is 1. The Morgan fingerprint density at radius 1 is 1.33 bits per heavy atom. The number of halogens is 3. The van der Waals surface area contributed by atoms with Crippen LogP contribution < -0.4 is 15.8 Å². The van der Waals surface area contributed by atoms with E-state index in [9.17, 15) is 4.79 Å². The predicted octanol–water partition coefficient (Wildman–Crippen LogP) is 3.95. The molecule has 1 atom stereocenters. The minimum atomic E-state index is -0.223. The number of benzene rings is 1. The molecule has 0 saturated heterocycles. The molecule has 5 nitrogen and oxygen atoms in total. The topological polar surface area (TPSA) is 77.2 Å². The number of nitrogens with one attached hydrogen (secondary N) is 1. The van der Waals surface area contributed by atoms with Gasteiger partial charge in [0.25, 0.3) is 5.91 Å². The molecule has 0 saturated carbocycles. The SMILES string of the molecule is CC(N)CCNC(=O)c1cccnc1Oc1cccc(Br)c1.Cl.Cl. The number of amides is 1. The lowest BCUT2D eigenvalue weighted by Gasteiger charge is -2.11. The number of pyridine rings is 1. The van der Waals surface area contributed by atoms with Crippen LogP contribution >= 0.6 is 40.7 Å². The molecule has 0 radical (unpaired) electrons. The summed E-state index contributed by atoms with van der Waals surface area (Å²) < 4.78 is 6.60. The van der Waals surface area contributed by atoms with Gasteiger partial charge in [-0.05, 0) is 43.7 Å². The van der Waals surface area contributed by atoms with Crippen molar-refractivity contribution in [3.63, 3.8) is 0 Å². The van der Waals surface area contributed by atoms with Crippen molar-refractivity contribution in [2.24, 2.45) is 5.73 Å². The number of nitrogens with zero attached hydrogens (tertiary/aromatic N) is 1. The Balaban J connectivity index is 0.00000264. The summed E-state index contributed by atoms with van der Waals surface area (Å²) in [6.45, 7) is 2.42. The maximum Gasteiger partial charge on any atom is 0.256 e. The molecule has 24 heavy (non-hydrogen) atoms. The molecule has 0 spiro atoms. The first-order valence-electron chi connectivity index (χ1n) is 6.98.